The van der Waals surface area contributed by atoms with Crippen LogP contribution in [0.4, 0.5) is 13.2 Å². The molecule has 0 radical (unpaired) electrons. The van der Waals surface area contributed by atoms with E-state index in [1.165, 1.54) is 12.1 Å². The van der Waals surface area contributed by atoms with Crippen LogP contribution in [0.15, 0.2) is 35.0 Å². The minimum atomic E-state index is -4.78. The molecule has 1 fully saturated rings. The fourth-order valence-electron chi connectivity index (χ4n) is 3.30. The van der Waals surface area contributed by atoms with Gasteiger partial charge in [0.15, 0.2) is 5.69 Å². The first-order valence-corrected chi connectivity index (χ1v) is 9.16. The third-order valence-corrected chi connectivity index (χ3v) is 4.66. The van der Waals surface area contributed by atoms with Crippen molar-refractivity contribution in [3.05, 3.63) is 41.9 Å². The molecule has 158 valence electrons. The van der Waals surface area contributed by atoms with Crippen molar-refractivity contribution in [2.45, 2.75) is 32.2 Å². The molecule has 0 unspecified atom stereocenters. The van der Waals surface area contributed by atoms with Gasteiger partial charge < -0.3 is 14.2 Å². The highest BCUT2D eigenvalue weighted by atomic mass is 19.4. The second kappa shape index (κ2) is 7.76. The molecule has 1 aliphatic rings. The molecule has 12 heteroatoms. The van der Waals surface area contributed by atoms with Crippen LogP contribution in [-0.2, 0) is 0 Å². The summed E-state index contributed by atoms with van der Waals surface area (Å²) in [5.74, 6) is 0.110. The molecule has 3 heterocycles. The summed E-state index contributed by atoms with van der Waals surface area (Å²) >= 11 is 0. The highest BCUT2D eigenvalue weighted by Crippen LogP contribution is 2.26. The number of hydrogen-bond donors (Lipinski definition) is 0. The van der Waals surface area contributed by atoms with Gasteiger partial charge in [0.05, 0.1) is 12.2 Å². The Morgan fingerprint density at radius 2 is 2.03 bits per heavy atom. The fourth-order valence-corrected chi connectivity index (χ4v) is 3.30. The molecule has 0 N–H and O–H groups in total. The number of hydrogen-bond acceptors (Lipinski definition) is 7. The number of nitrogens with zero attached hydrogens (tertiary/aromatic N) is 6. The number of aryl methyl sites for hydroxylation is 1. The quantitative estimate of drug-likeness (QED) is 0.637. The average molecular weight is 422 g/mol. The third-order valence-electron chi connectivity index (χ3n) is 4.66. The monoisotopic (exact) mass is 422 g/mol. The van der Waals surface area contributed by atoms with Gasteiger partial charge >= 0.3 is 6.36 Å². The van der Waals surface area contributed by atoms with Gasteiger partial charge in [-0.3, -0.25) is 4.79 Å². The first kappa shape index (κ1) is 19.9. The largest absolute Gasteiger partial charge is 0.573 e. The Morgan fingerprint density at radius 1 is 1.27 bits per heavy atom. The summed E-state index contributed by atoms with van der Waals surface area (Å²) in [6.07, 6.45) is -1.52. The predicted octanol–water partition coefficient (Wildman–Crippen LogP) is 3.01. The highest BCUT2D eigenvalue weighted by Gasteiger charge is 2.31. The van der Waals surface area contributed by atoms with E-state index in [-0.39, 0.29) is 23.3 Å². The molecule has 2 aromatic heterocycles. The number of amides is 1. The molecule has 0 aliphatic carbocycles. The van der Waals surface area contributed by atoms with Crippen molar-refractivity contribution in [3.63, 3.8) is 0 Å². The normalized spacial score (nSPS) is 17.2. The summed E-state index contributed by atoms with van der Waals surface area (Å²) < 4.78 is 47.3. The van der Waals surface area contributed by atoms with E-state index in [9.17, 15) is 18.0 Å². The zero-order valence-corrected chi connectivity index (χ0v) is 15.8. The van der Waals surface area contributed by atoms with Crippen LogP contribution in [0.3, 0.4) is 0 Å². The molecule has 1 saturated heterocycles. The van der Waals surface area contributed by atoms with Crippen LogP contribution in [0.25, 0.3) is 11.5 Å². The topological polar surface area (TPSA) is 99.2 Å². The van der Waals surface area contributed by atoms with Gasteiger partial charge in [-0.1, -0.05) is 10.4 Å². The maximum atomic E-state index is 12.8. The Bertz CT molecular complexity index is 1030. The predicted molar refractivity (Wildman–Crippen MR) is 95.4 cm³/mol. The van der Waals surface area contributed by atoms with Gasteiger partial charge in [0.2, 0.25) is 11.7 Å². The SMILES string of the molecule is Cc1nc(-c2cn([C@@H]3CCCN(C(=O)c4ccc(OC(F)(F)F)cc4)C3)nn2)no1. The summed E-state index contributed by atoms with van der Waals surface area (Å²) in [6, 6.07) is 4.79. The van der Waals surface area contributed by atoms with Crippen LogP contribution in [0.1, 0.15) is 35.1 Å². The first-order valence-electron chi connectivity index (χ1n) is 9.16. The molecule has 3 aromatic rings. The van der Waals surface area contributed by atoms with E-state index in [1.54, 1.807) is 22.7 Å². The summed E-state index contributed by atoms with van der Waals surface area (Å²) in [4.78, 5) is 18.5. The van der Waals surface area contributed by atoms with Gasteiger partial charge in [0, 0.05) is 25.6 Å². The molecule has 1 atom stereocenters. The van der Waals surface area contributed by atoms with Crippen LogP contribution < -0.4 is 4.74 Å². The summed E-state index contributed by atoms with van der Waals surface area (Å²) in [5.41, 5.74) is 0.752. The van der Waals surface area contributed by atoms with Crippen LogP contribution >= 0.6 is 0 Å². The molecule has 0 spiro atoms. The maximum Gasteiger partial charge on any atom is 0.573 e. The number of halogens is 3. The van der Waals surface area contributed by atoms with Gasteiger partial charge in [-0.2, -0.15) is 4.98 Å². The van der Waals surface area contributed by atoms with Crippen LogP contribution in [0.2, 0.25) is 0 Å². The molecule has 0 saturated carbocycles. The number of piperidine rings is 1. The molecule has 30 heavy (non-hydrogen) atoms. The molecule has 0 bridgehead atoms. The second-order valence-electron chi connectivity index (χ2n) is 6.84. The van der Waals surface area contributed by atoms with E-state index in [0.29, 0.717) is 30.5 Å². The Morgan fingerprint density at radius 3 is 2.70 bits per heavy atom. The molecule has 9 nitrogen and oxygen atoms in total. The van der Waals surface area contributed by atoms with E-state index in [4.69, 9.17) is 4.52 Å². The van der Waals surface area contributed by atoms with E-state index in [0.717, 1.165) is 25.0 Å². The van der Waals surface area contributed by atoms with Crippen molar-refractivity contribution in [3.8, 4) is 17.3 Å². The number of carbonyl (C=O) groups excluding carboxylic acids is 1. The molecular formula is C18H17F3N6O3. The van der Waals surface area contributed by atoms with E-state index in [2.05, 4.69) is 25.2 Å². The van der Waals surface area contributed by atoms with Crippen molar-refractivity contribution < 1.29 is 27.2 Å². The zero-order chi connectivity index (χ0) is 21.3. The molecule has 1 amide bonds. The third kappa shape index (κ3) is 4.42. The standard InChI is InChI=1S/C18H17F3N6O3/c1-11-22-16(24-30-11)15-10-27(25-23-15)13-3-2-8-26(9-13)17(28)12-4-6-14(7-5-12)29-18(19,20)21/h4-7,10,13H,2-3,8-9H2,1H3/t13-/m1/s1. The van der Waals surface area contributed by atoms with Crippen LogP contribution in [-0.4, -0.2) is 55.4 Å². The lowest BCUT2D eigenvalue weighted by Crippen LogP contribution is -2.40. The van der Waals surface area contributed by atoms with Crippen molar-refractivity contribution in [1.29, 1.82) is 0 Å². The minimum absolute atomic E-state index is 0.0928. The highest BCUT2D eigenvalue weighted by molar-refractivity contribution is 5.94. The number of alkyl halides is 3. The van der Waals surface area contributed by atoms with E-state index >= 15 is 0 Å². The Kier molecular flexibility index (Phi) is 5.14. The van der Waals surface area contributed by atoms with Crippen molar-refractivity contribution >= 4 is 5.91 Å². The fraction of sp³-hybridized carbons (Fsp3) is 0.389. The second-order valence-corrected chi connectivity index (χ2v) is 6.84. The number of benzene rings is 1. The van der Waals surface area contributed by atoms with Gasteiger partial charge in [-0.05, 0) is 37.1 Å². The van der Waals surface area contributed by atoms with Gasteiger partial charge in [-0.25, -0.2) is 4.68 Å². The number of ether oxygens (including phenoxy) is 1. The van der Waals surface area contributed by atoms with Crippen molar-refractivity contribution in [2.24, 2.45) is 0 Å². The van der Waals surface area contributed by atoms with E-state index < -0.39 is 6.36 Å². The Balaban J connectivity index is 1.43. The lowest BCUT2D eigenvalue weighted by molar-refractivity contribution is -0.274. The number of rotatable bonds is 4. The first-order chi connectivity index (χ1) is 14.3. The maximum absolute atomic E-state index is 12.8. The van der Waals surface area contributed by atoms with Crippen LogP contribution in [0, 0.1) is 6.92 Å². The van der Waals surface area contributed by atoms with Crippen molar-refractivity contribution in [1.82, 2.24) is 30.0 Å². The number of carbonyl (C=O) groups is 1. The molecule has 4 rings (SSSR count). The Labute approximate surface area is 168 Å². The molecular weight excluding hydrogens is 405 g/mol. The molecule has 1 aliphatic heterocycles. The minimum Gasteiger partial charge on any atom is -0.406 e. The van der Waals surface area contributed by atoms with Gasteiger partial charge in [-0.15, -0.1) is 18.3 Å². The lowest BCUT2D eigenvalue weighted by Gasteiger charge is -2.32. The van der Waals surface area contributed by atoms with Gasteiger partial charge in [0.25, 0.3) is 5.91 Å². The van der Waals surface area contributed by atoms with Crippen molar-refractivity contribution in [2.75, 3.05) is 13.1 Å². The smallest absolute Gasteiger partial charge is 0.406 e. The van der Waals surface area contributed by atoms with Crippen LogP contribution in [0.5, 0.6) is 5.75 Å². The summed E-state index contributed by atoms with van der Waals surface area (Å²) in [5, 5.41) is 12.0. The molecule has 1 aromatic carbocycles. The summed E-state index contributed by atoms with van der Waals surface area (Å²) in [6.45, 7) is 2.61. The number of aromatic nitrogens is 5. The number of likely N-dealkylation sites (tertiary alicyclic amines) is 1. The average Bonchev–Trinajstić information content (AvgIpc) is 3.36. The van der Waals surface area contributed by atoms with Gasteiger partial charge in [0.1, 0.15) is 5.75 Å². The lowest BCUT2D eigenvalue weighted by atomic mass is 10.0. The Hall–Kier alpha value is -3.44. The van der Waals surface area contributed by atoms with E-state index in [1.807, 2.05) is 0 Å². The zero-order valence-electron chi connectivity index (χ0n) is 15.8. The summed E-state index contributed by atoms with van der Waals surface area (Å²) in [7, 11) is 0.